The van der Waals surface area contributed by atoms with Gasteiger partial charge in [-0.1, -0.05) is 19.2 Å². The highest BCUT2D eigenvalue weighted by atomic mass is 16.2. The molecular formula is C13H13N3O4. The lowest BCUT2D eigenvalue weighted by Crippen LogP contribution is -2.54. The third kappa shape index (κ3) is 1.93. The molecule has 104 valence electrons. The molecule has 7 heteroatoms. The van der Waals surface area contributed by atoms with Crippen LogP contribution >= 0.6 is 0 Å². The molecule has 2 aliphatic heterocycles. The van der Waals surface area contributed by atoms with Gasteiger partial charge in [-0.25, -0.2) is 0 Å². The third-order valence-corrected chi connectivity index (χ3v) is 3.20. The Morgan fingerprint density at radius 1 is 1.30 bits per heavy atom. The van der Waals surface area contributed by atoms with Crippen molar-refractivity contribution in [2.24, 2.45) is 5.73 Å². The van der Waals surface area contributed by atoms with Crippen LogP contribution in [0.2, 0.25) is 0 Å². The van der Waals surface area contributed by atoms with Crippen LogP contribution in [0, 0.1) is 0 Å². The van der Waals surface area contributed by atoms with E-state index in [-0.39, 0.29) is 29.7 Å². The zero-order valence-electron chi connectivity index (χ0n) is 10.6. The Morgan fingerprint density at radius 3 is 2.40 bits per heavy atom. The van der Waals surface area contributed by atoms with Gasteiger partial charge in [-0.3, -0.25) is 29.4 Å². The van der Waals surface area contributed by atoms with Gasteiger partial charge in [0.25, 0.3) is 11.8 Å². The highest BCUT2D eigenvalue weighted by Crippen LogP contribution is 2.28. The van der Waals surface area contributed by atoms with E-state index >= 15 is 0 Å². The van der Waals surface area contributed by atoms with Crippen LogP contribution < -0.4 is 11.1 Å². The molecule has 3 N–H and O–H groups in total. The van der Waals surface area contributed by atoms with Gasteiger partial charge in [-0.15, -0.1) is 0 Å². The van der Waals surface area contributed by atoms with Crippen LogP contribution in [0.1, 0.15) is 12.8 Å². The lowest BCUT2D eigenvalue weighted by Gasteiger charge is -2.28. The molecule has 20 heavy (non-hydrogen) atoms. The van der Waals surface area contributed by atoms with E-state index in [0.717, 1.165) is 4.90 Å². The summed E-state index contributed by atoms with van der Waals surface area (Å²) in [6.07, 6.45) is 1.37. The first kappa shape index (κ1) is 13.7. The van der Waals surface area contributed by atoms with E-state index in [1.54, 1.807) is 0 Å². The van der Waals surface area contributed by atoms with E-state index in [1.807, 2.05) is 0 Å². The van der Waals surface area contributed by atoms with Crippen LogP contribution in [0.25, 0.3) is 0 Å². The first-order chi connectivity index (χ1) is 9.38. The number of amides is 4. The van der Waals surface area contributed by atoms with Crippen molar-refractivity contribution >= 4 is 23.6 Å². The lowest BCUT2D eigenvalue weighted by molar-refractivity contribution is -0.149. The number of piperidine rings is 1. The number of imide groups is 2. The molecular weight excluding hydrogens is 262 g/mol. The molecule has 1 saturated heterocycles. The maximum Gasteiger partial charge on any atom is 0.264 e. The highest BCUT2D eigenvalue weighted by molar-refractivity contribution is 6.24. The molecule has 2 rings (SSSR count). The molecule has 2 aliphatic rings. The molecule has 1 atom stereocenters. The SMILES string of the molecule is C=CC1=C(C(=C)N)C(=O)N(C2CCC(=O)NC2=O)C1=O. The van der Waals surface area contributed by atoms with Crippen molar-refractivity contribution < 1.29 is 19.2 Å². The standard InChI is InChI=1S/C13H13N3O4/c1-3-7-10(6(2)14)13(20)16(12(7)19)8-4-5-9(17)15-11(8)18/h3,8H,1-2,4-5,14H2,(H,15,17,18). The fourth-order valence-electron chi connectivity index (χ4n) is 2.28. The maximum absolute atomic E-state index is 12.2. The smallest absolute Gasteiger partial charge is 0.264 e. The summed E-state index contributed by atoms with van der Waals surface area (Å²) in [6.45, 7) is 6.91. The largest absolute Gasteiger partial charge is 0.399 e. The fourth-order valence-corrected chi connectivity index (χ4v) is 2.28. The first-order valence-electron chi connectivity index (χ1n) is 5.91. The Labute approximate surface area is 114 Å². The number of hydrogen-bond donors (Lipinski definition) is 2. The second-order valence-corrected chi connectivity index (χ2v) is 4.47. The van der Waals surface area contributed by atoms with Crippen LogP contribution in [0.15, 0.2) is 36.1 Å². The minimum atomic E-state index is -1.01. The number of nitrogens with two attached hydrogens (primary N) is 1. The lowest BCUT2D eigenvalue weighted by atomic mass is 10.0. The van der Waals surface area contributed by atoms with Crippen molar-refractivity contribution in [1.29, 1.82) is 0 Å². The monoisotopic (exact) mass is 275 g/mol. The third-order valence-electron chi connectivity index (χ3n) is 3.20. The molecule has 0 spiro atoms. The number of nitrogens with one attached hydrogen (secondary N) is 1. The van der Waals surface area contributed by atoms with Crippen LogP contribution in [0.4, 0.5) is 0 Å². The zero-order chi connectivity index (χ0) is 15.0. The fraction of sp³-hybridized carbons (Fsp3) is 0.231. The number of rotatable bonds is 3. The Bertz CT molecular complexity index is 603. The predicted molar refractivity (Wildman–Crippen MR) is 68.6 cm³/mol. The Morgan fingerprint density at radius 2 is 1.95 bits per heavy atom. The van der Waals surface area contributed by atoms with E-state index in [4.69, 9.17) is 5.73 Å². The molecule has 0 saturated carbocycles. The van der Waals surface area contributed by atoms with Gasteiger partial charge in [-0.2, -0.15) is 0 Å². The Balaban J connectivity index is 2.37. The normalized spacial score (nSPS) is 23.2. The van der Waals surface area contributed by atoms with Gasteiger partial charge in [-0.05, 0) is 6.42 Å². The summed E-state index contributed by atoms with van der Waals surface area (Å²) in [5.74, 6) is -2.44. The van der Waals surface area contributed by atoms with Gasteiger partial charge in [0, 0.05) is 12.1 Å². The molecule has 4 amide bonds. The predicted octanol–water partition coefficient (Wildman–Crippen LogP) is -0.885. The molecule has 0 radical (unpaired) electrons. The van der Waals surface area contributed by atoms with E-state index in [0.29, 0.717) is 0 Å². The quantitative estimate of drug-likeness (QED) is 0.650. The average Bonchev–Trinajstić information content (AvgIpc) is 2.61. The Hall–Kier alpha value is -2.70. The van der Waals surface area contributed by atoms with Gasteiger partial charge in [0.15, 0.2) is 0 Å². The number of carbonyl (C=O) groups is 4. The average molecular weight is 275 g/mol. The van der Waals surface area contributed by atoms with Crippen molar-refractivity contribution in [3.63, 3.8) is 0 Å². The molecule has 0 bridgehead atoms. The van der Waals surface area contributed by atoms with Crippen LogP contribution in [-0.4, -0.2) is 34.6 Å². The summed E-state index contributed by atoms with van der Waals surface area (Å²) in [4.78, 5) is 48.1. The van der Waals surface area contributed by atoms with Crippen molar-refractivity contribution in [2.75, 3.05) is 0 Å². The minimum Gasteiger partial charge on any atom is -0.399 e. The summed E-state index contributed by atoms with van der Waals surface area (Å²) in [5, 5.41) is 2.10. The van der Waals surface area contributed by atoms with Crippen molar-refractivity contribution in [3.05, 3.63) is 36.1 Å². The minimum absolute atomic E-state index is 0.0206. The molecule has 1 fully saturated rings. The summed E-state index contributed by atoms with van der Waals surface area (Å²) >= 11 is 0. The molecule has 0 aromatic rings. The topological polar surface area (TPSA) is 110 Å². The van der Waals surface area contributed by atoms with Crippen LogP contribution in [0.3, 0.4) is 0 Å². The maximum atomic E-state index is 12.2. The van der Waals surface area contributed by atoms with Crippen molar-refractivity contribution in [3.8, 4) is 0 Å². The summed E-state index contributed by atoms with van der Waals surface area (Å²) in [6, 6.07) is -1.01. The van der Waals surface area contributed by atoms with Crippen molar-refractivity contribution in [1.82, 2.24) is 10.2 Å². The molecule has 2 heterocycles. The van der Waals surface area contributed by atoms with Gasteiger partial charge in [0.1, 0.15) is 6.04 Å². The number of carbonyl (C=O) groups excluding carboxylic acids is 4. The van der Waals surface area contributed by atoms with Gasteiger partial charge in [0.2, 0.25) is 11.8 Å². The van der Waals surface area contributed by atoms with E-state index in [1.165, 1.54) is 6.08 Å². The molecule has 0 aromatic heterocycles. The first-order valence-corrected chi connectivity index (χ1v) is 5.91. The Kier molecular flexibility index (Phi) is 3.27. The van der Waals surface area contributed by atoms with Gasteiger partial charge < -0.3 is 5.73 Å². The number of hydrogen-bond acceptors (Lipinski definition) is 5. The summed E-state index contributed by atoms with van der Waals surface area (Å²) < 4.78 is 0. The van der Waals surface area contributed by atoms with E-state index < -0.39 is 29.7 Å². The van der Waals surface area contributed by atoms with Crippen molar-refractivity contribution in [2.45, 2.75) is 18.9 Å². The summed E-state index contributed by atoms with van der Waals surface area (Å²) in [5.41, 5.74) is 5.42. The van der Waals surface area contributed by atoms with E-state index in [2.05, 4.69) is 18.5 Å². The highest BCUT2D eigenvalue weighted by Gasteiger charge is 2.45. The van der Waals surface area contributed by atoms with Gasteiger partial charge in [0.05, 0.1) is 11.1 Å². The molecule has 1 unspecified atom stereocenters. The molecule has 7 nitrogen and oxygen atoms in total. The molecule has 0 aliphatic carbocycles. The van der Waals surface area contributed by atoms with Crippen LogP contribution in [-0.2, 0) is 19.2 Å². The summed E-state index contributed by atoms with van der Waals surface area (Å²) in [7, 11) is 0. The zero-order valence-corrected chi connectivity index (χ0v) is 10.6. The van der Waals surface area contributed by atoms with Gasteiger partial charge >= 0.3 is 0 Å². The second kappa shape index (κ2) is 4.76. The number of nitrogens with zero attached hydrogens (tertiary/aromatic N) is 1. The molecule has 0 aromatic carbocycles. The second-order valence-electron chi connectivity index (χ2n) is 4.47. The van der Waals surface area contributed by atoms with E-state index in [9.17, 15) is 19.2 Å². The van der Waals surface area contributed by atoms with Crippen LogP contribution in [0.5, 0.6) is 0 Å².